The summed E-state index contributed by atoms with van der Waals surface area (Å²) in [4.78, 5) is 23.0. The van der Waals surface area contributed by atoms with Crippen LogP contribution in [0.25, 0.3) is 0 Å². The number of benzene rings is 1. The summed E-state index contributed by atoms with van der Waals surface area (Å²) in [5, 5.41) is 19.2. The normalized spacial score (nSPS) is 19.3. The van der Waals surface area contributed by atoms with Gasteiger partial charge in [-0.15, -0.1) is 0 Å². The van der Waals surface area contributed by atoms with Crippen LogP contribution < -0.4 is 0 Å². The van der Waals surface area contributed by atoms with Gasteiger partial charge in [-0.3, -0.25) is 9.59 Å². The molecule has 0 heterocycles. The lowest BCUT2D eigenvalue weighted by molar-refractivity contribution is -0.120. The molecule has 0 fully saturated rings. The van der Waals surface area contributed by atoms with Crippen LogP contribution in [0.5, 0.6) is 11.5 Å². The Hall–Kier alpha value is -1.84. The second-order valence-electron chi connectivity index (χ2n) is 4.10. The number of ketones is 2. The second-order valence-corrected chi connectivity index (χ2v) is 4.10. The number of hydrogen-bond acceptors (Lipinski definition) is 4. The Labute approximate surface area is 92.5 Å². The number of hydrogen-bond donors (Lipinski definition) is 2. The van der Waals surface area contributed by atoms with Gasteiger partial charge in [0.25, 0.3) is 0 Å². The zero-order valence-electron chi connectivity index (χ0n) is 8.86. The summed E-state index contributed by atoms with van der Waals surface area (Å²) in [6.07, 6.45) is 0.427. The number of carbonyl (C=O) groups is 2. The van der Waals surface area contributed by atoms with Crippen LogP contribution in [-0.4, -0.2) is 21.8 Å². The standard InChI is InChI=1S/C12H12O4/c1-6(13)7-4-8-9(14)2-3-10(15)12(8)11(16)5-7/h2-3,7,14-15H,4-5H2,1H3. The lowest BCUT2D eigenvalue weighted by atomic mass is 9.80. The summed E-state index contributed by atoms with van der Waals surface area (Å²) < 4.78 is 0. The van der Waals surface area contributed by atoms with Gasteiger partial charge >= 0.3 is 0 Å². The van der Waals surface area contributed by atoms with Crippen molar-refractivity contribution >= 4 is 11.6 Å². The predicted molar refractivity (Wildman–Crippen MR) is 56.6 cm³/mol. The number of fused-ring (bicyclic) bond motifs is 1. The molecule has 1 atom stereocenters. The minimum atomic E-state index is -0.382. The Morgan fingerprint density at radius 2 is 1.88 bits per heavy atom. The van der Waals surface area contributed by atoms with E-state index in [0.717, 1.165) is 0 Å². The molecule has 0 aromatic heterocycles. The van der Waals surface area contributed by atoms with Crippen molar-refractivity contribution in [1.82, 2.24) is 0 Å². The molecule has 84 valence electrons. The maximum Gasteiger partial charge on any atom is 0.167 e. The summed E-state index contributed by atoms with van der Waals surface area (Å²) in [6, 6.07) is 2.63. The fraction of sp³-hybridized carbons (Fsp3) is 0.333. The van der Waals surface area contributed by atoms with E-state index in [0.29, 0.717) is 12.0 Å². The number of Topliss-reactive ketones (excluding diaryl/α,β-unsaturated/α-hetero) is 2. The number of rotatable bonds is 1. The molecule has 1 aromatic carbocycles. The largest absolute Gasteiger partial charge is 0.508 e. The maximum atomic E-state index is 11.8. The zero-order valence-corrected chi connectivity index (χ0v) is 8.86. The predicted octanol–water partition coefficient (Wildman–Crippen LogP) is 1.43. The quantitative estimate of drug-likeness (QED) is 0.702. The van der Waals surface area contributed by atoms with Gasteiger partial charge in [0.15, 0.2) is 5.78 Å². The summed E-state index contributed by atoms with van der Waals surface area (Å²) >= 11 is 0. The molecule has 4 nitrogen and oxygen atoms in total. The number of carbonyl (C=O) groups excluding carboxylic acids is 2. The molecule has 1 aromatic rings. The topological polar surface area (TPSA) is 74.6 Å². The highest BCUT2D eigenvalue weighted by molar-refractivity contribution is 6.04. The number of aromatic hydroxyl groups is 2. The van der Waals surface area contributed by atoms with E-state index in [1.165, 1.54) is 19.1 Å². The lowest BCUT2D eigenvalue weighted by Crippen LogP contribution is -2.25. The van der Waals surface area contributed by atoms with Gasteiger partial charge in [0.05, 0.1) is 5.56 Å². The molecular formula is C12H12O4. The molecule has 0 spiro atoms. The first-order valence-electron chi connectivity index (χ1n) is 5.08. The van der Waals surface area contributed by atoms with Crippen molar-refractivity contribution in [2.75, 3.05) is 0 Å². The van der Waals surface area contributed by atoms with Crippen LogP contribution in [0.4, 0.5) is 0 Å². The van der Waals surface area contributed by atoms with Gasteiger partial charge in [-0.05, 0) is 25.5 Å². The van der Waals surface area contributed by atoms with E-state index in [1.54, 1.807) is 0 Å². The minimum Gasteiger partial charge on any atom is -0.508 e. The van der Waals surface area contributed by atoms with Crippen LogP contribution >= 0.6 is 0 Å². The monoisotopic (exact) mass is 220 g/mol. The van der Waals surface area contributed by atoms with Gasteiger partial charge < -0.3 is 10.2 Å². The fourth-order valence-electron chi connectivity index (χ4n) is 2.07. The lowest BCUT2D eigenvalue weighted by Gasteiger charge is -2.22. The number of phenolic OH excluding ortho intramolecular Hbond substituents is 2. The molecule has 2 N–H and O–H groups in total. The Morgan fingerprint density at radius 3 is 2.50 bits per heavy atom. The van der Waals surface area contributed by atoms with Crippen molar-refractivity contribution in [2.45, 2.75) is 19.8 Å². The van der Waals surface area contributed by atoms with Crippen LogP contribution in [0.3, 0.4) is 0 Å². The van der Waals surface area contributed by atoms with Crippen molar-refractivity contribution in [3.63, 3.8) is 0 Å². The molecule has 1 unspecified atom stereocenters. The Bertz CT molecular complexity index is 476. The number of phenols is 2. The highest BCUT2D eigenvalue weighted by Crippen LogP contribution is 2.36. The molecular weight excluding hydrogens is 208 g/mol. The van der Waals surface area contributed by atoms with E-state index < -0.39 is 0 Å². The Kier molecular flexibility index (Phi) is 2.42. The van der Waals surface area contributed by atoms with Crippen molar-refractivity contribution in [2.24, 2.45) is 5.92 Å². The third-order valence-corrected chi connectivity index (χ3v) is 3.00. The molecule has 16 heavy (non-hydrogen) atoms. The smallest absolute Gasteiger partial charge is 0.167 e. The zero-order chi connectivity index (χ0) is 11.9. The molecule has 0 saturated heterocycles. The van der Waals surface area contributed by atoms with E-state index in [4.69, 9.17) is 0 Å². The molecule has 0 radical (unpaired) electrons. The van der Waals surface area contributed by atoms with Gasteiger partial charge in [-0.1, -0.05) is 0 Å². The highest BCUT2D eigenvalue weighted by Gasteiger charge is 2.31. The van der Waals surface area contributed by atoms with Crippen LogP contribution in [0, 0.1) is 5.92 Å². The Balaban J connectivity index is 2.54. The van der Waals surface area contributed by atoms with Gasteiger partial charge in [0, 0.05) is 17.9 Å². The molecule has 1 aliphatic rings. The van der Waals surface area contributed by atoms with Crippen LogP contribution in [0.15, 0.2) is 12.1 Å². The second kappa shape index (κ2) is 3.63. The van der Waals surface area contributed by atoms with Crippen molar-refractivity contribution < 1.29 is 19.8 Å². The molecule has 0 saturated carbocycles. The van der Waals surface area contributed by atoms with E-state index in [9.17, 15) is 19.8 Å². The van der Waals surface area contributed by atoms with Crippen LogP contribution in [0.2, 0.25) is 0 Å². The maximum absolute atomic E-state index is 11.8. The van der Waals surface area contributed by atoms with Crippen molar-refractivity contribution in [3.05, 3.63) is 23.3 Å². The molecule has 4 heteroatoms. The molecule has 0 bridgehead atoms. The minimum absolute atomic E-state index is 0.0351. The average Bonchev–Trinajstić information content (AvgIpc) is 2.22. The first-order valence-corrected chi connectivity index (χ1v) is 5.08. The first-order chi connectivity index (χ1) is 7.50. The molecule has 2 rings (SSSR count). The average molecular weight is 220 g/mol. The third kappa shape index (κ3) is 1.56. The van der Waals surface area contributed by atoms with Gasteiger partial charge in [0.1, 0.15) is 17.3 Å². The van der Waals surface area contributed by atoms with Crippen molar-refractivity contribution in [1.29, 1.82) is 0 Å². The first kappa shape index (κ1) is 10.7. The summed E-state index contributed by atoms with van der Waals surface area (Å²) in [5.41, 5.74) is 0.550. The molecule has 0 aliphatic heterocycles. The van der Waals surface area contributed by atoms with E-state index in [1.807, 2.05) is 0 Å². The van der Waals surface area contributed by atoms with Gasteiger partial charge in [0.2, 0.25) is 0 Å². The van der Waals surface area contributed by atoms with E-state index in [2.05, 4.69) is 0 Å². The fourth-order valence-corrected chi connectivity index (χ4v) is 2.07. The third-order valence-electron chi connectivity index (χ3n) is 3.00. The van der Waals surface area contributed by atoms with Gasteiger partial charge in [-0.2, -0.15) is 0 Å². The molecule has 1 aliphatic carbocycles. The van der Waals surface area contributed by atoms with Crippen LogP contribution in [-0.2, 0) is 11.2 Å². The molecule has 0 amide bonds. The SMILES string of the molecule is CC(=O)C1CC(=O)c2c(O)ccc(O)c2C1. The summed E-state index contributed by atoms with van der Waals surface area (Å²) in [6.45, 7) is 1.43. The van der Waals surface area contributed by atoms with E-state index >= 15 is 0 Å². The van der Waals surface area contributed by atoms with Crippen molar-refractivity contribution in [3.8, 4) is 11.5 Å². The summed E-state index contributed by atoms with van der Waals surface area (Å²) in [5.74, 6) is -0.892. The van der Waals surface area contributed by atoms with Crippen LogP contribution in [0.1, 0.15) is 29.3 Å². The summed E-state index contributed by atoms with van der Waals surface area (Å²) in [7, 11) is 0. The van der Waals surface area contributed by atoms with E-state index in [-0.39, 0.29) is 41.0 Å². The highest BCUT2D eigenvalue weighted by atomic mass is 16.3. The van der Waals surface area contributed by atoms with Gasteiger partial charge in [-0.25, -0.2) is 0 Å². The Morgan fingerprint density at radius 1 is 1.25 bits per heavy atom.